The van der Waals surface area contributed by atoms with Gasteiger partial charge in [0.15, 0.2) is 11.0 Å². The molecule has 2 aliphatic rings. The van der Waals surface area contributed by atoms with Crippen LogP contribution in [0, 0.1) is 5.92 Å². The molecule has 0 aromatic carbocycles. The number of piperidine rings is 1. The zero-order valence-corrected chi connectivity index (χ0v) is 14.3. The average Bonchev–Trinajstić information content (AvgIpc) is 2.84. The maximum Gasteiger partial charge on any atom is 0.225 e. The van der Waals surface area contributed by atoms with Crippen molar-refractivity contribution < 1.29 is 4.79 Å². The van der Waals surface area contributed by atoms with E-state index in [0.29, 0.717) is 11.2 Å². The maximum absolute atomic E-state index is 12.6. The molecular weight excluding hydrogens is 312 g/mol. The lowest BCUT2D eigenvalue weighted by Crippen LogP contribution is -2.46. The lowest BCUT2D eigenvalue weighted by atomic mass is 9.96. The van der Waals surface area contributed by atoms with Gasteiger partial charge in [-0.3, -0.25) is 4.79 Å². The molecule has 1 saturated carbocycles. The van der Waals surface area contributed by atoms with E-state index in [1.807, 2.05) is 6.07 Å². The second-order valence-corrected chi connectivity index (χ2v) is 7.08. The summed E-state index contributed by atoms with van der Waals surface area (Å²) in [5, 5.41) is 11.7. The second kappa shape index (κ2) is 7.95. The third-order valence-electron chi connectivity index (χ3n) is 4.94. The largest absolute Gasteiger partial charge is 0.354 e. The number of rotatable bonds is 3. The van der Waals surface area contributed by atoms with Gasteiger partial charge in [-0.1, -0.05) is 37.3 Å². The molecule has 1 atom stereocenters. The number of hydrogen-bond acceptors (Lipinski definition) is 4. The number of aromatic nitrogens is 2. The summed E-state index contributed by atoms with van der Waals surface area (Å²) >= 11 is 5.80. The quantitative estimate of drug-likeness (QED) is 0.861. The molecule has 0 spiro atoms. The Labute approximate surface area is 142 Å². The van der Waals surface area contributed by atoms with Crippen LogP contribution in [-0.4, -0.2) is 35.2 Å². The molecule has 1 saturated heterocycles. The monoisotopic (exact) mass is 336 g/mol. The van der Waals surface area contributed by atoms with Crippen molar-refractivity contribution in [3.05, 3.63) is 17.3 Å². The molecule has 126 valence electrons. The Bertz CT molecular complexity index is 514. The number of amides is 1. The van der Waals surface area contributed by atoms with Crippen molar-refractivity contribution in [1.82, 2.24) is 15.5 Å². The Kier molecular flexibility index (Phi) is 5.70. The Morgan fingerprint density at radius 1 is 1.09 bits per heavy atom. The number of carbonyl (C=O) groups excluding carboxylic acids is 1. The summed E-state index contributed by atoms with van der Waals surface area (Å²) < 4.78 is 0. The van der Waals surface area contributed by atoms with Gasteiger partial charge in [0, 0.05) is 19.1 Å². The number of nitrogens with zero attached hydrogens (tertiary/aromatic N) is 3. The first-order chi connectivity index (χ1) is 11.2. The number of hydrogen-bond donors (Lipinski definition) is 1. The fraction of sp³-hybridized carbons (Fsp3) is 0.706. The molecule has 1 aromatic heterocycles. The van der Waals surface area contributed by atoms with E-state index < -0.39 is 0 Å². The van der Waals surface area contributed by atoms with Crippen molar-refractivity contribution in [3.8, 4) is 0 Å². The molecule has 1 aromatic rings. The molecule has 1 N–H and O–H groups in total. The van der Waals surface area contributed by atoms with E-state index in [9.17, 15) is 4.79 Å². The molecule has 1 amide bonds. The minimum absolute atomic E-state index is 0.0458. The van der Waals surface area contributed by atoms with Crippen LogP contribution in [-0.2, 0) is 4.79 Å². The Morgan fingerprint density at radius 2 is 1.87 bits per heavy atom. The van der Waals surface area contributed by atoms with Crippen molar-refractivity contribution in [3.63, 3.8) is 0 Å². The van der Waals surface area contributed by atoms with E-state index in [1.165, 1.54) is 25.7 Å². The highest BCUT2D eigenvalue weighted by Gasteiger charge is 2.28. The zero-order chi connectivity index (χ0) is 16.1. The summed E-state index contributed by atoms with van der Waals surface area (Å²) in [4.78, 5) is 14.8. The van der Waals surface area contributed by atoms with Crippen LogP contribution < -0.4 is 10.2 Å². The molecule has 2 fully saturated rings. The summed E-state index contributed by atoms with van der Waals surface area (Å²) in [5.41, 5.74) is 0. The first-order valence-corrected chi connectivity index (χ1v) is 9.15. The second-order valence-electron chi connectivity index (χ2n) is 6.70. The highest BCUT2D eigenvalue weighted by atomic mass is 35.5. The SMILES string of the molecule is O=C(NC1CCCCCC1)[C@@H]1CCCN(c2ccc(Cl)nn2)C1. The van der Waals surface area contributed by atoms with Crippen LogP contribution in [0.15, 0.2) is 12.1 Å². The first-order valence-electron chi connectivity index (χ1n) is 8.77. The van der Waals surface area contributed by atoms with Gasteiger partial charge in [0.25, 0.3) is 0 Å². The van der Waals surface area contributed by atoms with Crippen LogP contribution in [0.5, 0.6) is 0 Å². The molecule has 3 rings (SSSR count). The molecule has 1 aliphatic carbocycles. The molecule has 0 radical (unpaired) electrons. The van der Waals surface area contributed by atoms with Gasteiger partial charge in [-0.2, -0.15) is 0 Å². The van der Waals surface area contributed by atoms with Crippen LogP contribution in [0.3, 0.4) is 0 Å². The van der Waals surface area contributed by atoms with E-state index in [-0.39, 0.29) is 11.8 Å². The molecular formula is C17H25ClN4O. The lowest BCUT2D eigenvalue weighted by Gasteiger charge is -2.33. The van der Waals surface area contributed by atoms with Crippen LogP contribution in [0.4, 0.5) is 5.82 Å². The highest BCUT2D eigenvalue weighted by Crippen LogP contribution is 2.23. The van der Waals surface area contributed by atoms with Gasteiger partial charge >= 0.3 is 0 Å². The van der Waals surface area contributed by atoms with E-state index in [2.05, 4.69) is 20.4 Å². The molecule has 1 aliphatic heterocycles. The molecule has 0 bridgehead atoms. The van der Waals surface area contributed by atoms with Crippen molar-refractivity contribution in [2.45, 2.75) is 57.4 Å². The fourth-order valence-electron chi connectivity index (χ4n) is 3.62. The average molecular weight is 337 g/mol. The van der Waals surface area contributed by atoms with Gasteiger partial charge in [0.05, 0.1) is 5.92 Å². The minimum atomic E-state index is 0.0458. The van der Waals surface area contributed by atoms with Crippen LogP contribution in [0.2, 0.25) is 5.15 Å². The van der Waals surface area contributed by atoms with Crippen LogP contribution in [0.1, 0.15) is 51.4 Å². The van der Waals surface area contributed by atoms with Crippen LogP contribution in [0.25, 0.3) is 0 Å². The Hall–Kier alpha value is -1.36. The number of carbonyl (C=O) groups is 1. The van der Waals surface area contributed by atoms with E-state index in [4.69, 9.17) is 11.6 Å². The fourth-order valence-corrected chi connectivity index (χ4v) is 3.72. The summed E-state index contributed by atoms with van der Waals surface area (Å²) in [5.74, 6) is 1.06. The standard InChI is InChI=1S/C17H25ClN4O/c18-15-9-10-16(21-20-15)22-11-5-6-13(12-22)17(23)19-14-7-3-1-2-4-8-14/h9-10,13-14H,1-8,11-12H2,(H,19,23)/t13-/m1/s1. The summed E-state index contributed by atoms with van der Waals surface area (Å²) in [6, 6.07) is 4.00. The topological polar surface area (TPSA) is 58.1 Å². The number of halogens is 1. The van der Waals surface area contributed by atoms with Gasteiger partial charge in [-0.15, -0.1) is 10.2 Å². The summed E-state index contributed by atoms with van der Waals surface area (Å²) in [6.07, 6.45) is 9.31. The van der Waals surface area contributed by atoms with Crippen molar-refractivity contribution in [2.75, 3.05) is 18.0 Å². The molecule has 0 unspecified atom stereocenters. The third-order valence-corrected chi connectivity index (χ3v) is 5.14. The van der Waals surface area contributed by atoms with Crippen LogP contribution >= 0.6 is 11.6 Å². The highest BCUT2D eigenvalue weighted by molar-refractivity contribution is 6.29. The van der Waals surface area contributed by atoms with Crippen molar-refractivity contribution in [1.29, 1.82) is 0 Å². The van der Waals surface area contributed by atoms with Gasteiger partial charge in [-0.25, -0.2) is 0 Å². The number of nitrogens with one attached hydrogen (secondary N) is 1. The van der Waals surface area contributed by atoms with Gasteiger partial charge in [0.1, 0.15) is 0 Å². The lowest BCUT2D eigenvalue weighted by molar-refractivity contribution is -0.126. The van der Waals surface area contributed by atoms with Gasteiger partial charge in [-0.05, 0) is 37.8 Å². The predicted molar refractivity (Wildman–Crippen MR) is 91.6 cm³/mol. The predicted octanol–water partition coefficient (Wildman–Crippen LogP) is 3.19. The molecule has 6 heteroatoms. The normalized spacial score (nSPS) is 23.3. The van der Waals surface area contributed by atoms with E-state index in [0.717, 1.165) is 44.6 Å². The molecule has 5 nitrogen and oxygen atoms in total. The Morgan fingerprint density at radius 3 is 2.57 bits per heavy atom. The first kappa shape index (κ1) is 16.5. The summed E-state index contributed by atoms with van der Waals surface area (Å²) in [7, 11) is 0. The zero-order valence-electron chi connectivity index (χ0n) is 13.5. The third kappa shape index (κ3) is 4.56. The smallest absolute Gasteiger partial charge is 0.225 e. The van der Waals surface area contributed by atoms with Gasteiger partial charge < -0.3 is 10.2 Å². The molecule has 23 heavy (non-hydrogen) atoms. The van der Waals surface area contributed by atoms with E-state index >= 15 is 0 Å². The maximum atomic E-state index is 12.6. The van der Waals surface area contributed by atoms with E-state index in [1.54, 1.807) is 6.07 Å². The summed E-state index contributed by atoms with van der Waals surface area (Å²) in [6.45, 7) is 1.64. The molecule has 2 heterocycles. The van der Waals surface area contributed by atoms with Gasteiger partial charge in [0.2, 0.25) is 5.91 Å². The Balaban J connectivity index is 1.56. The minimum Gasteiger partial charge on any atom is -0.354 e. The number of anilines is 1. The van der Waals surface area contributed by atoms with Crippen molar-refractivity contribution >= 4 is 23.3 Å². The van der Waals surface area contributed by atoms with Crippen molar-refractivity contribution in [2.24, 2.45) is 5.92 Å².